The first-order valence-corrected chi connectivity index (χ1v) is 8.73. The average molecular weight is 428 g/mol. The molecule has 0 saturated heterocycles. The summed E-state index contributed by atoms with van der Waals surface area (Å²) in [6, 6.07) is 3.39. The molecule has 0 aliphatic heterocycles. The molecule has 10 heteroatoms. The Morgan fingerprint density at radius 2 is 2.00 bits per heavy atom. The third-order valence-electron chi connectivity index (χ3n) is 2.54. The van der Waals surface area contributed by atoms with Crippen LogP contribution in [0.2, 0.25) is 0 Å². The maximum atomic E-state index is 12.1. The van der Waals surface area contributed by atoms with E-state index in [9.17, 15) is 23.3 Å². The van der Waals surface area contributed by atoms with Crippen LogP contribution in [0.5, 0.6) is 0 Å². The molecule has 0 fully saturated rings. The SMILES string of the molecule is COC(=O)[C@H](CCI)NS(=O)(=O)c1ccc([N+](=O)[O-])cc1. The van der Waals surface area contributed by atoms with Crippen LogP contribution in [-0.2, 0) is 19.6 Å². The summed E-state index contributed by atoms with van der Waals surface area (Å²) in [5.74, 6) is -0.683. The number of non-ortho nitro benzene ring substituents is 1. The first kappa shape index (κ1) is 17.8. The molecule has 0 aliphatic carbocycles. The van der Waals surface area contributed by atoms with Gasteiger partial charge >= 0.3 is 5.97 Å². The van der Waals surface area contributed by atoms with Gasteiger partial charge in [0, 0.05) is 16.6 Å². The Labute approximate surface area is 135 Å². The van der Waals surface area contributed by atoms with E-state index >= 15 is 0 Å². The molecule has 1 rings (SSSR count). The zero-order chi connectivity index (χ0) is 16.0. The number of nitrogens with one attached hydrogen (secondary N) is 1. The first-order chi connectivity index (χ1) is 9.81. The number of alkyl halides is 1. The molecule has 0 heterocycles. The van der Waals surface area contributed by atoms with Crippen LogP contribution < -0.4 is 4.72 Å². The van der Waals surface area contributed by atoms with Crippen LogP contribution >= 0.6 is 22.6 Å². The molecule has 0 saturated carbocycles. The number of halogens is 1. The quantitative estimate of drug-likeness (QED) is 0.230. The van der Waals surface area contributed by atoms with Crippen molar-refractivity contribution in [1.82, 2.24) is 4.72 Å². The highest BCUT2D eigenvalue weighted by Crippen LogP contribution is 2.16. The lowest BCUT2D eigenvalue weighted by Gasteiger charge is -2.15. The standard InChI is InChI=1S/C11H13IN2O6S/c1-20-11(15)10(6-7-12)13-21(18,19)9-4-2-8(3-5-9)14(16)17/h2-5,10,13H,6-7H2,1H3/t10-/m0/s1. The van der Waals surface area contributed by atoms with E-state index in [0.717, 1.165) is 24.3 Å². The number of esters is 1. The zero-order valence-electron chi connectivity index (χ0n) is 11.0. The number of nitro benzene ring substituents is 1. The molecular weight excluding hydrogens is 415 g/mol. The topological polar surface area (TPSA) is 116 Å². The highest BCUT2D eigenvalue weighted by molar-refractivity contribution is 14.1. The van der Waals surface area contributed by atoms with Gasteiger partial charge in [0.2, 0.25) is 10.0 Å². The second-order valence-corrected chi connectivity index (χ2v) is 6.72. The lowest BCUT2D eigenvalue weighted by atomic mass is 10.2. The largest absolute Gasteiger partial charge is 0.468 e. The Balaban J connectivity index is 2.98. The summed E-state index contributed by atoms with van der Waals surface area (Å²) in [6.07, 6.45) is 0.277. The van der Waals surface area contributed by atoms with Crippen molar-refractivity contribution in [3.05, 3.63) is 34.4 Å². The van der Waals surface area contributed by atoms with Gasteiger partial charge < -0.3 is 4.74 Å². The predicted molar refractivity (Wildman–Crippen MR) is 82.7 cm³/mol. The normalized spacial score (nSPS) is 12.7. The third-order valence-corrected chi connectivity index (χ3v) is 4.65. The summed E-state index contributed by atoms with van der Waals surface area (Å²) in [4.78, 5) is 21.3. The maximum absolute atomic E-state index is 12.1. The molecule has 0 spiro atoms. The predicted octanol–water partition coefficient (Wildman–Crippen LogP) is 1.24. The zero-order valence-corrected chi connectivity index (χ0v) is 14.0. The number of sulfonamides is 1. The second-order valence-electron chi connectivity index (χ2n) is 3.93. The van der Waals surface area contributed by atoms with Crippen LogP contribution in [0.15, 0.2) is 29.2 Å². The lowest BCUT2D eigenvalue weighted by molar-refractivity contribution is -0.384. The smallest absolute Gasteiger partial charge is 0.323 e. The molecule has 21 heavy (non-hydrogen) atoms. The Kier molecular flexibility index (Phi) is 6.48. The van der Waals surface area contributed by atoms with Crippen LogP contribution in [0.3, 0.4) is 0 Å². The maximum Gasteiger partial charge on any atom is 0.323 e. The molecule has 0 unspecified atom stereocenters. The number of ether oxygens (including phenoxy) is 1. The first-order valence-electron chi connectivity index (χ1n) is 5.72. The molecule has 8 nitrogen and oxygen atoms in total. The molecule has 1 aromatic carbocycles. The van der Waals surface area contributed by atoms with E-state index in [1.165, 1.54) is 7.11 Å². The average Bonchev–Trinajstić information content (AvgIpc) is 2.45. The Hall–Kier alpha value is -1.27. The van der Waals surface area contributed by atoms with Crippen LogP contribution in [-0.4, -0.2) is 36.9 Å². The van der Waals surface area contributed by atoms with Gasteiger partial charge in [-0.1, -0.05) is 22.6 Å². The molecule has 0 aliphatic rings. The minimum atomic E-state index is -3.96. The van der Waals surface area contributed by atoms with Crippen LogP contribution in [0.4, 0.5) is 5.69 Å². The van der Waals surface area contributed by atoms with Crippen LogP contribution in [0.25, 0.3) is 0 Å². The number of carbonyl (C=O) groups excluding carboxylic acids is 1. The van der Waals surface area contributed by atoms with Crippen molar-refractivity contribution >= 4 is 44.3 Å². The van der Waals surface area contributed by atoms with Crippen molar-refractivity contribution in [3.8, 4) is 0 Å². The molecule has 0 aromatic heterocycles. The van der Waals surface area contributed by atoms with E-state index in [1.807, 2.05) is 22.6 Å². The third kappa shape index (κ3) is 4.89. The highest BCUT2D eigenvalue weighted by atomic mass is 127. The summed E-state index contributed by atoms with van der Waals surface area (Å²) in [6.45, 7) is 0. The van der Waals surface area contributed by atoms with E-state index in [2.05, 4.69) is 9.46 Å². The summed E-state index contributed by atoms with van der Waals surface area (Å²) in [7, 11) is -2.79. The number of nitro groups is 1. The number of benzene rings is 1. The minimum absolute atomic E-state index is 0.157. The fourth-order valence-corrected chi connectivity index (χ4v) is 3.32. The number of rotatable bonds is 7. The van der Waals surface area contributed by atoms with Crippen molar-refractivity contribution in [2.75, 3.05) is 11.5 Å². The lowest BCUT2D eigenvalue weighted by Crippen LogP contribution is -2.41. The van der Waals surface area contributed by atoms with Crippen molar-refractivity contribution < 1.29 is 22.9 Å². The van der Waals surface area contributed by atoms with Gasteiger partial charge in [-0.15, -0.1) is 0 Å². The summed E-state index contributed by atoms with van der Waals surface area (Å²) >= 11 is 2.01. The molecule has 1 aromatic rings. The van der Waals surface area contributed by atoms with Gasteiger partial charge in [-0.3, -0.25) is 14.9 Å². The van der Waals surface area contributed by atoms with Gasteiger partial charge in [0.25, 0.3) is 5.69 Å². The fraction of sp³-hybridized carbons (Fsp3) is 0.364. The van der Waals surface area contributed by atoms with Crippen molar-refractivity contribution in [1.29, 1.82) is 0 Å². The van der Waals surface area contributed by atoms with E-state index < -0.39 is 27.0 Å². The fourth-order valence-electron chi connectivity index (χ4n) is 1.48. The van der Waals surface area contributed by atoms with E-state index in [0.29, 0.717) is 4.43 Å². The number of hydrogen-bond donors (Lipinski definition) is 1. The molecule has 1 atom stereocenters. The van der Waals surface area contributed by atoms with E-state index in [-0.39, 0.29) is 17.0 Å². The van der Waals surface area contributed by atoms with Gasteiger partial charge in [0.05, 0.1) is 16.9 Å². The highest BCUT2D eigenvalue weighted by Gasteiger charge is 2.26. The van der Waals surface area contributed by atoms with Crippen LogP contribution in [0.1, 0.15) is 6.42 Å². The Bertz CT molecular complexity index is 616. The van der Waals surface area contributed by atoms with Gasteiger partial charge in [0.15, 0.2) is 0 Å². The molecular formula is C11H13IN2O6S. The molecule has 0 radical (unpaired) electrons. The minimum Gasteiger partial charge on any atom is -0.468 e. The van der Waals surface area contributed by atoms with Crippen molar-refractivity contribution in [2.45, 2.75) is 17.4 Å². The summed E-state index contributed by atoms with van der Waals surface area (Å²) in [5, 5.41) is 10.5. The number of nitrogens with zero attached hydrogens (tertiary/aromatic N) is 1. The molecule has 116 valence electrons. The monoisotopic (exact) mass is 428 g/mol. The van der Waals surface area contributed by atoms with Crippen LogP contribution in [0, 0.1) is 10.1 Å². The Morgan fingerprint density at radius 1 is 1.43 bits per heavy atom. The number of carbonyl (C=O) groups is 1. The number of methoxy groups -OCH3 is 1. The van der Waals surface area contributed by atoms with E-state index in [1.54, 1.807) is 0 Å². The summed E-state index contributed by atoms with van der Waals surface area (Å²) in [5.41, 5.74) is -0.217. The number of hydrogen-bond acceptors (Lipinski definition) is 6. The summed E-state index contributed by atoms with van der Waals surface area (Å²) < 4.78 is 31.6. The molecule has 0 bridgehead atoms. The molecule has 0 amide bonds. The van der Waals surface area contributed by atoms with Gasteiger partial charge in [-0.2, -0.15) is 4.72 Å². The molecule has 1 N–H and O–H groups in total. The van der Waals surface area contributed by atoms with Gasteiger partial charge in [-0.05, 0) is 18.6 Å². The van der Waals surface area contributed by atoms with Crippen molar-refractivity contribution in [2.24, 2.45) is 0 Å². The van der Waals surface area contributed by atoms with Gasteiger partial charge in [0.1, 0.15) is 6.04 Å². The van der Waals surface area contributed by atoms with Gasteiger partial charge in [-0.25, -0.2) is 8.42 Å². The van der Waals surface area contributed by atoms with E-state index in [4.69, 9.17) is 0 Å². The Morgan fingerprint density at radius 3 is 2.43 bits per heavy atom. The van der Waals surface area contributed by atoms with Crippen molar-refractivity contribution in [3.63, 3.8) is 0 Å². The second kappa shape index (κ2) is 7.66.